The van der Waals surface area contributed by atoms with Crippen LogP contribution in [0, 0.1) is 0 Å². The molecule has 1 aromatic carbocycles. The van der Waals surface area contributed by atoms with Gasteiger partial charge in [-0.15, -0.1) is 0 Å². The lowest BCUT2D eigenvalue weighted by molar-refractivity contribution is -0.0425. The summed E-state index contributed by atoms with van der Waals surface area (Å²) in [5.74, 6) is 2.51. The van der Waals surface area contributed by atoms with E-state index in [1.165, 1.54) is 0 Å². The quantitative estimate of drug-likeness (QED) is 0.596. The Balaban J connectivity index is 2.01. The third kappa shape index (κ3) is 3.62. The van der Waals surface area contributed by atoms with Gasteiger partial charge in [-0.05, 0) is 18.6 Å². The molecule has 0 bridgehead atoms. The van der Waals surface area contributed by atoms with Crippen LogP contribution in [0.2, 0.25) is 0 Å². The van der Waals surface area contributed by atoms with Crippen LogP contribution < -0.4 is 5.32 Å². The summed E-state index contributed by atoms with van der Waals surface area (Å²) >= 11 is 0. The summed E-state index contributed by atoms with van der Waals surface area (Å²) in [6.07, 6.45) is 0.256. The van der Waals surface area contributed by atoms with Gasteiger partial charge in [-0.2, -0.15) is 0 Å². The fraction of sp³-hybridized carbons (Fsp3) is 0.389. The lowest BCUT2D eigenvalue weighted by Crippen LogP contribution is -2.11. The predicted octanol–water partition coefficient (Wildman–Crippen LogP) is 2.36. The van der Waals surface area contributed by atoms with E-state index in [1.54, 1.807) is 24.5 Å². The molecule has 0 fully saturated rings. The third-order valence-electron chi connectivity index (χ3n) is 3.94. The Bertz CT molecular complexity index is 828. The number of rotatable bonds is 6. The molecule has 2 aliphatic heterocycles. The SMILES string of the molecule is CCNc1ncn(Cc2cccc(C(O)O)c2)c2nc(C(C)C)nc1-2. The zero-order chi connectivity index (χ0) is 18.0. The van der Waals surface area contributed by atoms with Gasteiger partial charge in [0.2, 0.25) is 0 Å². The maximum Gasteiger partial charge on any atom is 0.178 e. The second-order valence-electron chi connectivity index (χ2n) is 6.28. The van der Waals surface area contributed by atoms with Gasteiger partial charge in [0.15, 0.2) is 23.6 Å². The van der Waals surface area contributed by atoms with Gasteiger partial charge >= 0.3 is 0 Å². The standard InChI is InChI=1S/C18H23N5O2/c1-4-19-16-14-17(22-15(21-14)11(2)3)23(10-20-16)9-12-6-5-7-13(8-12)18(24)25/h5-8,10-11,18-19,24-25H,4,9H2,1-3H3. The van der Waals surface area contributed by atoms with Crippen molar-refractivity contribution in [1.29, 1.82) is 0 Å². The fourth-order valence-electron chi connectivity index (χ4n) is 2.67. The second-order valence-corrected chi connectivity index (χ2v) is 6.28. The molecular weight excluding hydrogens is 318 g/mol. The van der Waals surface area contributed by atoms with E-state index in [-0.39, 0.29) is 5.92 Å². The maximum atomic E-state index is 9.35. The lowest BCUT2D eigenvalue weighted by atomic mass is 10.1. The molecule has 3 N–H and O–H groups in total. The second kappa shape index (κ2) is 7.16. The van der Waals surface area contributed by atoms with Gasteiger partial charge < -0.3 is 20.1 Å². The van der Waals surface area contributed by atoms with Crippen LogP contribution in [0.25, 0.3) is 11.5 Å². The Hall–Kier alpha value is -2.51. The molecule has 0 aromatic heterocycles. The molecule has 0 radical (unpaired) electrons. The van der Waals surface area contributed by atoms with Crippen molar-refractivity contribution >= 4 is 5.82 Å². The summed E-state index contributed by atoms with van der Waals surface area (Å²) in [5.41, 5.74) is 2.15. The van der Waals surface area contributed by atoms with Crippen LogP contribution in [-0.4, -0.2) is 36.3 Å². The van der Waals surface area contributed by atoms with E-state index >= 15 is 0 Å². The summed E-state index contributed by atoms with van der Waals surface area (Å²) in [6.45, 7) is 7.41. The Kier molecular flexibility index (Phi) is 4.96. The fourth-order valence-corrected chi connectivity index (χ4v) is 2.67. The van der Waals surface area contributed by atoms with Crippen LogP contribution in [0.3, 0.4) is 0 Å². The van der Waals surface area contributed by atoms with E-state index < -0.39 is 6.29 Å². The molecule has 0 atom stereocenters. The van der Waals surface area contributed by atoms with Gasteiger partial charge in [-0.1, -0.05) is 32.0 Å². The molecule has 132 valence electrons. The molecule has 7 heteroatoms. The number of hydrogen-bond donors (Lipinski definition) is 3. The van der Waals surface area contributed by atoms with E-state index in [4.69, 9.17) is 0 Å². The molecule has 0 unspecified atom stereocenters. The van der Waals surface area contributed by atoms with Gasteiger partial charge in [0.05, 0.1) is 12.9 Å². The van der Waals surface area contributed by atoms with Crippen LogP contribution >= 0.6 is 0 Å². The molecule has 1 aromatic rings. The molecule has 0 saturated carbocycles. The number of nitrogens with zero attached hydrogens (tertiary/aromatic N) is 4. The van der Waals surface area contributed by atoms with E-state index in [9.17, 15) is 10.2 Å². The molecule has 0 spiro atoms. The summed E-state index contributed by atoms with van der Waals surface area (Å²) in [4.78, 5) is 13.8. The van der Waals surface area contributed by atoms with Crippen LogP contribution in [0.5, 0.6) is 0 Å². The van der Waals surface area contributed by atoms with Crippen molar-refractivity contribution in [2.24, 2.45) is 0 Å². The minimum Gasteiger partial charge on any atom is -0.368 e. The molecular formula is C18H23N5O2. The van der Waals surface area contributed by atoms with Crippen molar-refractivity contribution in [3.63, 3.8) is 0 Å². The lowest BCUT2D eigenvalue weighted by Gasteiger charge is -2.14. The first-order chi connectivity index (χ1) is 12.0. The average molecular weight is 341 g/mol. The highest BCUT2D eigenvalue weighted by Gasteiger charge is 2.21. The molecule has 25 heavy (non-hydrogen) atoms. The van der Waals surface area contributed by atoms with Gasteiger partial charge in [0, 0.05) is 18.0 Å². The summed E-state index contributed by atoms with van der Waals surface area (Å²) < 4.78 is 1.93. The Morgan fingerprint density at radius 1 is 1.20 bits per heavy atom. The molecule has 0 amide bonds. The Labute approximate surface area is 146 Å². The Morgan fingerprint density at radius 3 is 2.68 bits per heavy atom. The molecule has 7 nitrogen and oxygen atoms in total. The number of anilines is 1. The molecule has 0 aliphatic carbocycles. The van der Waals surface area contributed by atoms with Crippen LogP contribution in [0.1, 0.15) is 49.9 Å². The Morgan fingerprint density at radius 2 is 2.00 bits per heavy atom. The zero-order valence-electron chi connectivity index (χ0n) is 14.6. The summed E-state index contributed by atoms with van der Waals surface area (Å²) in [7, 11) is 0. The monoisotopic (exact) mass is 341 g/mol. The average Bonchev–Trinajstić information content (AvgIpc) is 3.04. The number of fused-ring (bicyclic) bond motifs is 1. The summed E-state index contributed by atoms with van der Waals surface area (Å²) in [5, 5.41) is 21.9. The van der Waals surface area contributed by atoms with Crippen molar-refractivity contribution < 1.29 is 10.2 Å². The minimum atomic E-state index is -1.48. The predicted molar refractivity (Wildman–Crippen MR) is 95.4 cm³/mol. The maximum absolute atomic E-state index is 9.35. The minimum absolute atomic E-state index is 0.225. The van der Waals surface area contributed by atoms with Crippen molar-refractivity contribution in [2.45, 2.75) is 39.5 Å². The molecule has 0 saturated heterocycles. The smallest absolute Gasteiger partial charge is 0.178 e. The number of aliphatic hydroxyl groups is 2. The van der Waals surface area contributed by atoms with Crippen LogP contribution in [-0.2, 0) is 6.54 Å². The highest BCUT2D eigenvalue weighted by Crippen LogP contribution is 2.28. The molecule has 3 rings (SSSR count). The van der Waals surface area contributed by atoms with E-state index in [1.807, 2.05) is 17.6 Å². The van der Waals surface area contributed by atoms with Gasteiger partial charge in [-0.25, -0.2) is 15.0 Å². The normalized spacial score (nSPS) is 11.6. The molecule has 2 heterocycles. The number of aromatic nitrogens is 4. The molecule has 2 aliphatic rings. The highest BCUT2D eigenvalue weighted by molar-refractivity contribution is 5.67. The highest BCUT2D eigenvalue weighted by atomic mass is 16.5. The van der Waals surface area contributed by atoms with Crippen molar-refractivity contribution in [2.75, 3.05) is 11.9 Å². The van der Waals surface area contributed by atoms with Gasteiger partial charge in [0.1, 0.15) is 5.82 Å². The first-order valence-electron chi connectivity index (χ1n) is 8.41. The van der Waals surface area contributed by atoms with E-state index in [0.29, 0.717) is 12.1 Å². The van der Waals surface area contributed by atoms with E-state index in [0.717, 1.165) is 35.3 Å². The van der Waals surface area contributed by atoms with Crippen molar-refractivity contribution in [3.8, 4) is 11.5 Å². The number of benzene rings is 1. The van der Waals surface area contributed by atoms with E-state index in [2.05, 4.69) is 34.1 Å². The van der Waals surface area contributed by atoms with Crippen LogP contribution in [0.4, 0.5) is 5.82 Å². The largest absolute Gasteiger partial charge is 0.368 e. The van der Waals surface area contributed by atoms with Crippen LogP contribution in [0.15, 0.2) is 30.6 Å². The number of nitrogens with one attached hydrogen (secondary N) is 1. The first kappa shape index (κ1) is 17.3. The number of hydrogen-bond acceptors (Lipinski definition) is 6. The number of imidazole rings is 1. The number of aliphatic hydroxyl groups excluding tert-OH is 1. The van der Waals surface area contributed by atoms with Gasteiger partial charge in [0.25, 0.3) is 0 Å². The van der Waals surface area contributed by atoms with Gasteiger partial charge in [-0.3, -0.25) is 0 Å². The van der Waals surface area contributed by atoms with Crippen molar-refractivity contribution in [3.05, 3.63) is 47.5 Å². The third-order valence-corrected chi connectivity index (χ3v) is 3.94. The summed E-state index contributed by atoms with van der Waals surface area (Å²) in [6, 6.07) is 7.18. The zero-order valence-corrected chi connectivity index (χ0v) is 14.6. The van der Waals surface area contributed by atoms with Crippen molar-refractivity contribution in [1.82, 2.24) is 19.5 Å². The first-order valence-corrected chi connectivity index (χ1v) is 8.41. The topological polar surface area (TPSA) is 96.1 Å².